The minimum Gasteiger partial charge on any atom is -0.243 e. The van der Waals surface area contributed by atoms with E-state index in [1.807, 2.05) is 0 Å². The van der Waals surface area contributed by atoms with Crippen LogP contribution in [0.4, 0.5) is 0 Å². The molecule has 0 spiro atoms. The molecule has 1 heterocycles. The third-order valence-electron chi connectivity index (χ3n) is 0.385. The minimum atomic E-state index is 1.58. The van der Waals surface area contributed by atoms with Crippen LogP contribution in [0.1, 0.15) is 0 Å². The van der Waals surface area contributed by atoms with E-state index in [0.29, 0.717) is 0 Å². The highest BCUT2D eigenvalue weighted by molar-refractivity contribution is 4.80. The summed E-state index contributed by atoms with van der Waals surface area (Å²) in [5, 5.41) is 0. The molecule has 6 heavy (non-hydrogen) atoms. The van der Waals surface area contributed by atoms with Crippen molar-refractivity contribution in [2.24, 2.45) is 0 Å². The molecule has 0 aliphatic heterocycles. The molecule has 0 amide bonds. The van der Waals surface area contributed by atoms with Crippen molar-refractivity contribution in [1.29, 1.82) is 0 Å². The molecule has 0 aromatic carbocycles. The summed E-state index contributed by atoms with van der Waals surface area (Å²) in [5.74, 6) is 0. The second kappa shape index (κ2) is 1.55. The van der Waals surface area contributed by atoms with Crippen molar-refractivity contribution in [2.75, 3.05) is 0 Å². The third kappa shape index (κ3) is 0.549. The van der Waals surface area contributed by atoms with Crippen LogP contribution in [0.25, 0.3) is 0 Å². The second-order valence-electron chi connectivity index (χ2n) is 0.768. The fraction of sp³-hybridized carbons (Fsp3) is 0. The average molecular weight is 75.1 g/mol. The molecule has 1 rings (SSSR count). The van der Waals surface area contributed by atoms with Crippen LogP contribution in [-0.4, -0.2) is 4.98 Å². The molecular weight excluding hydrogens is 74.1 g/mol. The highest BCUT2D eigenvalue weighted by Crippen LogP contribution is 1.68. The number of hydrogen-bond donors (Lipinski definition) is 0. The Morgan fingerprint density at radius 1 is 1.17 bits per heavy atom. The van der Waals surface area contributed by atoms with Gasteiger partial charge in [-0.25, -0.2) is 4.98 Å². The summed E-state index contributed by atoms with van der Waals surface area (Å²) in [6, 6.07) is 6.72. The van der Waals surface area contributed by atoms with E-state index in [-0.39, 0.29) is 0 Å². The van der Waals surface area contributed by atoms with Gasteiger partial charge in [-0.3, -0.25) is 0 Å². The second-order valence-corrected chi connectivity index (χ2v) is 0.768. The van der Waals surface area contributed by atoms with Crippen LogP contribution < -0.4 is 0 Å². The van der Waals surface area contributed by atoms with Gasteiger partial charge < -0.3 is 0 Å². The van der Waals surface area contributed by atoms with Crippen LogP contribution in [0.2, 0.25) is 0 Å². The van der Waals surface area contributed by atoms with Gasteiger partial charge in [-0.05, 0) is 6.07 Å². The maximum absolute atomic E-state index is 3.42. The number of aromatic nitrogens is 1. The number of rotatable bonds is 0. The summed E-state index contributed by atoms with van der Waals surface area (Å²) in [4.78, 5) is 3.42. The summed E-state index contributed by atoms with van der Waals surface area (Å²) in [6.07, 6.45) is 4.86. The van der Waals surface area contributed by atoms with Gasteiger partial charge in [-0.15, -0.1) is 0 Å². The van der Waals surface area contributed by atoms with E-state index in [1.54, 1.807) is 6.07 Å². The summed E-state index contributed by atoms with van der Waals surface area (Å²) in [5.41, 5.74) is 0. The minimum absolute atomic E-state index is 1.58. The summed E-state index contributed by atoms with van der Waals surface area (Å²) >= 11 is 0. The predicted octanol–water partition coefficient (Wildman–Crippen LogP) is 0.282. The largest absolute Gasteiger partial charge is 0.243 e. The fourth-order valence-electron chi connectivity index (χ4n) is 0.193. The molecule has 0 atom stereocenters. The van der Waals surface area contributed by atoms with Gasteiger partial charge in [0.25, 0.3) is 0 Å². The van der Waals surface area contributed by atoms with Gasteiger partial charge >= 0.3 is 0 Å². The van der Waals surface area contributed by atoms with E-state index >= 15 is 0 Å². The van der Waals surface area contributed by atoms with Crippen molar-refractivity contribution in [3.05, 3.63) is 30.6 Å². The Kier molecular flexibility index (Phi) is 0.865. The van der Waals surface area contributed by atoms with E-state index in [2.05, 4.69) is 29.5 Å². The van der Waals surface area contributed by atoms with E-state index < -0.39 is 0 Å². The molecule has 0 saturated heterocycles. The van der Waals surface area contributed by atoms with Crippen molar-refractivity contribution >= 4 is 0 Å². The smallest absolute Gasteiger partial charge is 0.0980 e. The first kappa shape index (κ1) is 3.34. The van der Waals surface area contributed by atoms with Crippen LogP contribution in [-0.2, 0) is 0 Å². The molecule has 0 aliphatic rings. The lowest BCUT2D eigenvalue weighted by atomic mass is 10.5. The zero-order valence-corrected chi connectivity index (χ0v) is 3.02. The molecule has 1 aromatic rings. The molecule has 0 aliphatic carbocycles. The lowest BCUT2D eigenvalue weighted by Crippen LogP contribution is -1.63. The molecule has 1 heteroatoms. The molecule has 26 valence electrons. The van der Waals surface area contributed by atoms with Crippen molar-refractivity contribution in [3.63, 3.8) is 0 Å². The quantitative estimate of drug-likeness (QED) is 0.431. The van der Waals surface area contributed by atoms with E-state index in [9.17, 15) is 0 Å². The summed E-state index contributed by atoms with van der Waals surface area (Å²) in [7, 11) is 0. The Morgan fingerprint density at radius 2 is 1.83 bits per heavy atom. The lowest BCUT2D eigenvalue weighted by molar-refractivity contribution is 1.28. The standard InChI is InChI=1S/C5HN/c1-2-4-6-5-3-1/h1H. The molecule has 1 aromatic heterocycles. The Morgan fingerprint density at radius 3 is 2.00 bits per heavy atom. The van der Waals surface area contributed by atoms with Crippen LogP contribution in [0.15, 0.2) is 6.07 Å². The zero-order chi connectivity index (χ0) is 4.24. The first-order valence-electron chi connectivity index (χ1n) is 1.52. The topological polar surface area (TPSA) is 12.9 Å². The van der Waals surface area contributed by atoms with E-state index in [4.69, 9.17) is 0 Å². The normalized spacial score (nSPS) is 8.00. The lowest BCUT2D eigenvalue weighted by Gasteiger charge is -1.65. The highest BCUT2D eigenvalue weighted by Gasteiger charge is 1.63. The van der Waals surface area contributed by atoms with Crippen molar-refractivity contribution in [3.8, 4) is 0 Å². The van der Waals surface area contributed by atoms with Crippen LogP contribution in [0.3, 0.4) is 0 Å². The maximum atomic E-state index is 3.42. The monoisotopic (exact) mass is 75.0 g/mol. The van der Waals surface area contributed by atoms with Gasteiger partial charge in [-0.2, -0.15) is 0 Å². The SMILES string of the molecule is [c]1[c]n[c][c]c1. The fourth-order valence-corrected chi connectivity index (χ4v) is 0.193. The van der Waals surface area contributed by atoms with E-state index in [0.717, 1.165) is 0 Å². The molecule has 1 nitrogen and oxygen atoms in total. The summed E-state index contributed by atoms with van der Waals surface area (Å²) < 4.78 is 0. The number of hydrogen-bond acceptors (Lipinski definition) is 1. The highest BCUT2D eigenvalue weighted by atomic mass is 14.6. The van der Waals surface area contributed by atoms with Crippen LogP contribution in [0.5, 0.6) is 0 Å². The van der Waals surface area contributed by atoms with Gasteiger partial charge in [0.05, 0.1) is 12.4 Å². The zero-order valence-electron chi connectivity index (χ0n) is 3.02. The molecule has 4 radical (unpaired) electrons. The average Bonchev–Trinajstić information content (AvgIpc) is 1.72. The third-order valence-corrected chi connectivity index (χ3v) is 0.385. The van der Waals surface area contributed by atoms with Gasteiger partial charge in [0.15, 0.2) is 0 Å². The molecule has 0 fully saturated rings. The number of nitrogens with zero attached hydrogens (tertiary/aromatic N) is 1. The van der Waals surface area contributed by atoms with Crippen molar-refractivity contribution in [1.82, 2.24) is 4.98 Å². The Bertz CT molecular complexity index is 75.9. The van der Waals surface area contributed by atoms with Gasteiger partial charge in [-0.1, -0.05) is 0 Å². The summed E-state index contributed by atoms with van der Waals surface area (Å²) in [6.45, 7) is 0. The van der Waals surface area contributed by atoms with Crippen LogP contribution in [0, 0.1) is 24.5 Å². The maximum Gasteiger partial charge on any atom is 0.0980 e. The predicted molar refractivity (Wildman–Crippen MR) is 19.6 cm³/mol. The molecule has 0 saturated carbocycles. The number of pyridine rings is 1. The van der Waals surface area contributed by atoms with Gasteiger partial charge in [0.1, 0.15) is 0 Å². The molecule has 0 N–H and O–H groups in total. The molecular formula is C5HN. The molecule has 0 unspecified atom stereocenters. The first-order chi connectivity index (χ1) is 3.00. The van der Waals surface area contributed by atoms with Gasteiger partial charge in [0.2, 0.25) is 0 Å². The Balaban J connectivity index is 3.00. The Labute approximate surface area is 36.7 Å². The van der Waals surface area contributed by atoms with Gasteiger partial charge in [0, 0.05) is 12.1 Å². The Hall–Kier alpha value is -0.850. The van der Waals surface area contributed by atoms with Crippen molar-refractivity contribution in [2.45, 2.75) is 0 Å². The van der Waals surface area contributed by atoms with Crippen molar-refractivity contribution < 1.29 is 0 Å². The molecule has 0 bridgehead atoms. The first-order valence-corrected chi connectivity index (χ1v) is 1.52. The van der Waals surface area contributed by atoms with Crippen LogP contribution >= 0.6 is 0 Å². The van der Waals surface area contributed by atoms with E-state index in [1.165, 1.54) is 0 Å².